The molecule has 106 valence electrons. The Morgan fingerprint density at radius 3 is 2.68 bits per heavy atom. The van der Waals surface area contributed by atoms with E-state index in [0.717, 1.165) is 25.8 Å². The number of nitrogens with zero attached hydrogens (tertiary/aromatic N) is 2. The van der Waals surface area contributed by atoms with Crippen LogP contribution in [-0.4, -0.2) is 20.9 Å². The number of carboxylic acid groups (broad SMARTS) is 1. The highest BCUT2D eigenvalue weighted by Crippen LogP contribution is 2.41. The van der Waals surface area contributed by atoms with E-state index in [1.807, 2.05) is 6.20 Å². The molecule has 0 aliphatic heterocycles. The highest BCUT2D eigenvalue weighted by molar-refractivity contribution is 14.1. The van der Waals surface area contributed by atoms with Crippen molar-refractivity contribution in [3.63, 3.8) is 0 Å². The minimum Gasteiger partial charge on any atom is -0.481 e. The van der Waals surface area contributed by atoms with Crippen LogP contribution in [0.25, 0.3) is 0 Å². The SMILES string of the molecule is Cc1c(I)cnn1CC1(CCC(=O)O)CCCCC1. The van der Waals surface area contributed by atoms with Gasteiger partial charge in [0.25, 0.3) is 0 Å². The van der Waals surface area contributed by atoms with Crippen molar-refractivity contribution in [2.24, 2.45) is 5.41 Å². The van der Waals surface area contributed by atoms with E-state index in [4.69, 9.17) is 5.11 Å². The fraction of sp³-hybridized carbons (Fsp3) is 0.714. The zero-order chi connectivity index (χ0) is 13.9. The number of carbonyl (C=O) groups is 1. The first-order valence-electron chi connectivity index (χ1n) is 6.92. The van der Waals surface area contributed by atoms with Gasteiger partial charge in [0.15, 0.2) is 0 Å². The lowest BCUT2D eigenvalue weighted by molar-refractivity contribution is -0.138. The van der Waals surface area contributed by atoms with Crippen molar-refractivity contribution in [3.8, 4) is 0 Å². The number of rotatable bonds is 5. The van der Waals surface area contributed by atoms with Crippen molar-refractivity contribution in [1.29, 1.82) is 0 Å². The summed E-state index contributed by atoms with van der Waals surface area (Å²) in [6, 6.07) is 0. The summed E-state index contributed by atoms with van der Waals surface area (Å²) < 4.78 is 3.25. The maximum Gasteiger partial charge on any atom is 0.303 e. The van der Waals surface area contributed by atoms with Gasteiger partial charge in [-0.25, -0.2) is 0 Å². The van der Waals surface area contributed by atoms with Crippen molar-refractivity contribution in [3.05, 3.63) is 15.5 Å². The van der Waals surface area contributed by atoms with Crippen LogP contribution in [-0.2, 0) is 11.3 Å². The van der Waals surface area contributed by atoms with Crippen LogP contribution in [0.15, 0.2) is 6.20 Å². The van der Waals surface area contributed by atoms with Crippen LogP contribution in [0.4, 0.5) is 0 Å². The number of aromatic nitrogens is 2. The minimum absolute atomic E-state index is 0.135. The van der Waals surface area contributed by atoms with Gasteiger partial charge >= 0.3 is 5.97 Å². The van der Waals surface area contributed by atoms with Crippen LogP contribution < -0.4 is 0 Å². The van der Waals surface area contributed by atoms with Gasteiger partial charge in [0, 0.05) is 18.7 Å². The van der Waals surface area contributed by atoms with Crippen LogP contribution in [0.5, 0.6) is 0 Å². The molecule has 0 amide bonds. The van der Waals surface area contributed by atoms with Crippen molar-refractivity contribution in [2.75, 3.05) is 0 Å². The van der Waals surface area contributed by atoms with E-state index in [9.17, 15) is 4.79 Å². The molecule has 1 saturated carbocycles. The van der Waals surface area contributed by atoms with Crippen molar-refractivity contribution < 1.29 is 9.90 Å². The molecule has 0 spiro atoms. The summed E-state index contributed by atoms with van der Waals surface area (Å²) in [7, 11) is 0. The van der Waals surface area contributed by atoms with Gasteiger partial charge in [0.05, 0.1) is 9.77 Å². The third kappa shape index (κ3) is 3.70. The van der Waals surface area contributed by atoms with E-state index < -0.39 is 5.97 Å². The highest BCUT2D eigenvalue weighted by Gasteiger charge is 2.33. The normalized spacial score (nSPS) is 18.4. The molecule has 1 aliphatic carbocycles. The fourth-order valence-corrected chi connectivity index (χ4v) is 3.46. The molecule has 4 nitrogen and oxygen atoms in total. The number of hydrogen-bond acceptors (Lipinski definition) is 2. The lowest BCUT2D eigenvalue weighted by Gasteiger charge is -2.37. The molecule has 1 aromatic heterocycles. The molecule has 2 rings (SSSR count). The van der Waals surface area contributed by atoms with Crippen molar-refractivity contribution in [1.82, 2.24) is 9.78 Å². The second kappa shape index (κ2) is 6.24. The standard InChI is InChI=1S/C14H21IN2O2/c1-11-12(15)9-16-17(11)10-14(8-5-13(18)19)6-3-2-4-7-14/h9H,2-8,10H2,1H3,(H,18,19). The lowest BCUT2D eigenvalue weighted by Crippen LogP contribution is -2.31. The molecule has 0 saturated heterocycles. The van der Waals surface area contributed by atoms with E-state index in [0.29, 0.717) is 0 Å². The number of hydrogen-bond donors (Lipinski definition) is 1. The Labute approximate surface area is 127 Å². The predicted octanol–water partition coefficient (Wildman–Crippen LogP) is 3.61. The molecule has 0 unspecified atom stereocenters. The Bertz CT molecular complexity index is 450. The molecule has 1 N–H and O–H groups in total. The Kier molecular flexibility index (Phi) is 4.86. The Balaban J connectivity index is 2.13. The van der Waals surface area contributed by atoms with Gasteiger partial charge in [0.2, 0.25) is 0 Å². The molecule has 1 fully saturated rings. The predicted molar refractivity (Wildman–Crippen MR) is 82.1 cm³/mol. The molecular formula is C14H21IN2O2. The van der Waals surface area contributed by atoms with Crippen LogP contribution in [0.3, 0.4) is 0 Å². The van der Waals surface area contributed by atoms with Crippen LogP contribution in [0.2, 0.25) is 0 Å². The summed E-state index contributed by atoms with van der Waals surface area (Å²) in [5.41, 5.74) is 1.33. The summed E-state index contributed by atoms with van der Waals surface area (Å²) in [5.74, 6) is -0.684. The molecule has 0 radical (unpaired) electrons. The van der Waals surface area contributed by atoms with Crippen molar-refractivity contribution in [2.45, 2.75) is 58.4 Å². The Hall–Kier alpha value is -0.590. The second-order valence-electron chi connectivity index (χ2n) is 5.69. The van der Waals surface area contributed by atoms with E-state index in [-0.39, 0.29) is 11.8 Å². The van der Waals surface area contributed by atoms with Gasteiger partial charge in [-0.2, -0.15) is 5.10 Å². The quantitative estimate of drug-likeness (QED) is 0.799. The Morgan fingerprint density at radius 1 is 1.47 bits per heavy atom. The number of carboxylic acids is 1. The number of halogens is 1. The van der Waals surface area contributed by atoms with Gasteiger partial charge in [-0.05, 0) is 54.2 Å². The van der Waals surface area contributed by atoms with Gasteiger partial charge in [-0.3, -0.25) is 9.48 Å². The zero-order valence-electron chi connectivity index (χ0n) is 11.4. The molecular weight excluding hydrogens is 355 g/mol. The smallest absolute Gasteiger partial charge is 0.303 e. The average Bonchev–Trinajstić information content (AvgIpc) is 2.70. The van der Waals surface area contributed by atoms with Crippen LogP contribution in [0.1, 0.15) is 50.6 Å². The Morgan fingerprint density at radius 2 is 2.16 bits per heavy atom. The summed E-state index contributed by atoms with van der Waals surface area (Å²) in [4.78, 5) is 10.9. The van der Waals surface area contributed by atoms with E-state index in [2.05, 4.69) is 39.3 Å². The monoisotopic (exact) mass is 376 g/mol. The first-order valence-corrected chi connectivity index (χ1v) is 8.00. The van der Waals surface area contributed by atoms with Gasteiger partial charge in [-0.1, -0.05) is 19.3 Å². The minimum atomic E-state index is -0.684. The molecule has 5 heteroatoms. The summed E-state index contributed by atoms with van der Waals surface area (Å²) in [6.45, 7) is 2.96. The van der Waals surface area contributed by atoms with E-state index in [1.54, 1.807) is 0 Å². The molecule has 0 bridgehead atoms. The van der Waals surface area contributed by atoms with Gasteiger partial charge in [-0.15, -0.1) is 0 Å². The largest absolute Gasteiger partial charge is 0.481 e. The molecule has 0 atom stereocenters. The molecule has 1 aromatic rings. The maximum atomic E-state index is 10.9. The van der Waals surface area contributed by atoms with E-state index >= 15 is 0 Å². The molecule has 1 aliphatic rings. The molecule has 19 heavy (non-hydrogen) atoms. The first-order chi connectivity index (χ1) is 9.02. The molecule has 0 aromatic carbocycles. The van der Waals surface area contributed by atoms with Crippen LogP contribution >= 0.6 is 22.6 Å². The maximum absolute atomic E-state index is 10.9. The topological polar surface area (TPSA) is 55.1 Å². The zero-order valence-corrected chi connectivity index (χ0v) is 13.5. The summed E-state index contributed by atoms with van der Waals surface area (Å²) in [6.07, 6.45) is 8.93. The van der Waals surface area contributed by atoms with Gasteiger partial charge < -0.3 is 5.11 Å². The first kappa shape index (κ1) is 14.8. The average molecular weight is 376 g/mol. The summed E-state index contributed by atoms with van der Waals surface area (Å²) >= 11 is 2.30. The third-order valence-electron chi connectivity index (χ3n) is 4.31. The van der Waals surface area contributed by atoms with Crippen molar-refractivity contribution >= 4 is 28.6 Å². The molecule has 1 heterocycles. The highest BCUT2D eigenvalue weighted by atomic mass is 127. The summed E-state index contributed by atoms with van der Waals surface area (Å²) in [5, 5.41) is 13.4. The van der Waals surface area contributed by atoms with Gasteiger partial charge in [0.1, 0.15) is 0 Å². The van der Waals surface area contributed by atoms with Crippen LogP contribution in [0, 0.1) is 15.9 Å². The second-order valence-corrected chi connectivity index (χ2v) is 6.85. The lowest BCUT2D eigenvalue weighted by atomic mass is 9.71. The fourth-order valence-electron chi connectivity index (χ4n) is 3.06. The number of aliphatic carboxylic acids is 1. The van der Waals surface area contributed by atoms with E-state index in [1.165, 1.54) is 28.5 Å². The third-order valence-corrected chi connectivity index (χ3v) is 5.37.